The van der Waals surface area contributed by atoms with E-state index < -0.39 is 0 Å². The van der Waals surface area contributed by atoms with Gasteiger partial charge in [0.1, 0.15) is 0 Å². The third-order valence-corrected chi connectivity index (χ3v) is 4.76. The smallest absolute Gasteiger partial charge is 0.0500 e. The van der Waals surface area contributed by atoms with E-state index in [0.29, 0.717) is 11.5 Å². The summed E-state index contributed by atoms with van der Waals surface area (Å²) in [5.74, 6) is 0.760. The summed E-state index contributed by atoms with van der Waals surface area (Å²) in [6, 6.07) is 4.75. The van der Waals surface area contributed by atoms with Gasteiger partial charge in [-0.15, -0.1) is 0 Å². The summed E-state index contributed by atoms with van der Waals surface area (Å²) in [5.41, 5.74) is 8.11. The van der Waals surface area contributed by atoms with Gasteiger partial charge in [0.2, 0.25) is 0 Å². The zero-order valence-corrected chi connectivity index (χ0v) is 13.3. The second-order valence-electron chi connectivity index (χ2n) is 7.14. The lowest BCUT2D eigenvalue weighted by Gasteiger charge is -2.34. The zero-order chi connectivity index (χ0) is 14.8. The van der Waals surface area contributed by atoms with Gasteiger partial charge in [-0.2, -0.15) is 0 Å². The summed E-state index contributed by atoms with van der Waals surface area (Å²) in [7, 11) is 0. The first-order valence-electron chi connectivity index (χ1n) is 7.83. The van der Waals surface area contributed by atoms with Crippen molar-refractivity contribution < 1.29 is 0 Å². The number of rotatable bonds is 4. The largest absolute Gasteiger partial charge is 0.326 e. The second kappa shape index (κ2) is 6.23. The van der Waals surface area contributed by atoms with Gasteiger partial charge in [-0.1, -0.05) is 27.7 Å². The van der Waals surface area contributed by atoms with E-state index in [4.69, 9.17) is 5.73 Å². The molecule has 3 heteroatoms. The number of nitrogens with zero attached hydrogens (tertiary/aromatic N) is 2. The standard InChI is InChI=1S/C17H29N3/c1-5-15(18)16(13-6-9-19-10-7-13)20-11-8-14(12-20)17(2,3)4/h6-7,9-10,14-16H,5,8,11-12,18H2,1-4H3. The van der Waals surface area contributed by atoms with Crippen LogP contribution in [-0.2, 0) is 0 Å². The van der Waals surface area contributed by atoms with E-state index >= 15 is 0 Å². The van der Waals surface area contributed by atoms with Crippen LogP contribution in [0.5, 0.6) is 0 Å². The maximum Gasteiger partial charge on any atom is 0.0500 e. The van der Waals surface area contributed by atoms with E-state index in [9.17, 15) is 0 Å². The molecule has 2 heterocycles. The van der Waals surface area contributed by atoms with E-state index in [2.05, 4.69) is 49.7 Å². The summed E-state index contributed by atoms with van der Waals surface area (Å²) in [5, 5.41) is 0. The van der Waals surface area contributed by atoms with Crippen molar-refractivity contribution in [3.8, 4) is 0 Å². The van der Waals surface area contributed by atoms with Crippen LogP contribution >= 0.6 is 0 Å². The van der Waals surface area contributed by atoms with Crippen molar-refractivity contribution in [3.05, 3.63) is 30.1 Å². The van der Waals surface area contributed by atoms with Crippen LogP contribution < -0.4 is 5.73 Å². The van der Waals surface area contributed by atoms with Gasteiger partial charge in [-0.25, -0.2) is 0 Å². The molecule has 0 bridgehead atoms. The fourth-order valence-electron chi connectivity index (χ4n) is 3.26. The number of aromatic nitrogens is 1. The minimum absolute atomic E-state index is 0.191. The first-order chi connectivity index (χ1) is 9.43. The van der Waals surface area contributed by atoms with Crippen molar-refractivity contribution >= 4 is 0 Å². The Morgan fingerprint density at radius 3 is 2.50 bits per heavy atom. The molecular weight excluding hydrogens is 246 g/mol. The Bertz CT molecular complexity index is 410. The molecule has 112 valence electrons. The van der Waals surface area contributed by atoms with Crippen LogP contribution in [0.4, 0.5) is 0 Å². The predicted molar refractivity (Wildman–Crippen MR) is 84.4 cm³/mol. The van der Waals surface area contributed by atoms with Gasteiger partial charge in [-0.3, -0.25) is 9.88 Å². The monoisotopic (exact) mass is 275 g/mol. The van der Waals surface area contributed by atoms with E-state index in [0.717, 1.165) is 25.4 Å². The van der Waals surface area contributed by atoms with Crippen LogP contribution in [0.1, 0.15) is 52.1 Å². The number of hydrogen-bond donors (Lipinski definition) is 1. The number of hydrogen-bond acceptors (Lipinski definition) is 3. The molecule has 3 nitrogen and oxygen atoms in total. The molecular formula is C17H29N3. The van der Waals surface area contributed by atoms with Crippen LogP contribution in [0.2, 0.25) is 0 Å². The van der Waals surface area contributed by atoms with E-state index in [-0.39, 0.29) is 6.04 Å². The number of nitrogens with two attached hydrogens (primary N) is 1. The first kappa shape index (κ1) is 15.5. The Kier molecular flexibility index (Phi) is 4.82. The molecule has 1 fully saturated rings. The van der Waals surface area contributed by atoms with Crippen molar-refractivity contribution in [1.82, 2.24) is 9.88 Å². The van der Waals surface area contributed by atoms with Crippen LogP contribution in [0.25, 0.3) is 0 Å². The molecule has 2 rings (SSSR count). The van der Waals surface area contributed by atoms with Crippen molar-refractivity contribution in [2.75, 3.05) is 13.1 Å². The van der Waals surface area contributed by atoms with Crippen molar-refractivity contribution in [3.63, 3.8) is 0 Å². The maximum atomic E-state index is 6.42. The first-order valence-corrected chi connectivity index (χ1v) is 7.83. The summed E-state index contributed by atoms with van der Waals surface area (Å²) in [6.07, 6.45) is 6.04. The molecule has 0 aromatic carbocycles. The van der Waals surface area contributed by atoms with Crippen LogP contribution in [0.3, 0.4) is 0 Å². The molecule has 2 N–H and O–H groups in total. The van der Waals surface area contributed by atoms with Crippen molar-refractivity contribution in [2.24, 2.45) is 17.1 Å². The lowest BCUT2D eigenvalue weighted by molar-refractivity contribution is 0.174. The van der Waals surface area contributed by atoms with Gasteiger partial charge < -0.3 is 5.73 Å². The topological polar surface area (TPSA) is 42.1 Å². The quantitative estimate of drug-likeness (QED) is 0.917. The fourth-order valence-corrected chi connectivity index (χ4v) is 3.26. The highest BCUT2D eigenvalue weighted by atomic mass is 15.2. The van der Waals surface area contributed by atoms with Crippen molar-refractivity contribution in [1.29, 1.82) is 0 Å². The average Bonchev–Trinajstić information content (AvgIpc) is 2.89. The van der Waals surface area contributed by atoms with Gasteiger partial charge in [0, 0.05) is 31.0 Å². The van der Waals surface area contributed by atoms with E-state index in [1.54, 1.807) is 0 Å². The molecule has 1 saturated heterocycles. The normalized spacial score (nSPS) is 23.8. The second-order valence-corrected chi connectivity index (χ2v) is 7.14. The summed E-state index contributed by atoms with van der Waals surface area (Å²) in [6.45, 7) is 11.5. The molecule has 3 unspecified atom stereocenters. The van der Waals surface area contributed by atoms with Crippen molar-refractivity contribution in [2.45, 2.75) is 52.6 Å². The van der Waals surface area contributed by atoms with Gasteiger partial charge in [0.05, 0.1) is 0 Å². The molecule has 1 aliphatic rings. The molecule has 1 aromatic rings. The Hall–Kier alpha value is -0.930. The molecule has 0 aliphatic carbocycles. The van der Waals surface area contributed by atoms with Gasteiger partial charge in [-0.05, 0) is 48.4 Å². The molecule has 0 amide bonds. The van der Waals surface area contributed by atoms with E-state index in [1.165, 1.54) is 12.0 Å². The molecule has 1 aliphatic heterocycles. The van der Waals surface area contributed by atoms with E-state index in [1.807, 2.05) is 12.4 Å². The van der Waals surface area contributed by atoms with Crippen LogP contribution in [0.15, 0.2) is 24.5 Å². The number of likely N-dealkylation sites (tertiary alicyclic amines) is 1. The Labute approximate surface area is 123 Å². The summed E-state index contributed by atoms with van der Waals surface area (Å²) >= 11 is 0. The molecule has 1 aromatic heterocycles. The van der Waals surface area contributed by atoms with Gasteiger partial charge >= 0.3 is 0 Å². The fraction of sp³-hybridized carbons (Fsp3) is 0.706. The highest BCUT2D eigenvalue weighted by Crippen LogP contribution is 2.38. The highest BCUT2D eigenvalue weighted by Gasteiger charge is 2.36. The third-order valence-electron chi connectivity index (χ3n) is 4.76. The lowest BCUT2D eigenvalue weighted by Crippen LogP contribution is -2.40. The lowest BCUT2D eigenvalue weighted by atomic mass is 9.80. The van der Waals surface area contributed by atoms with Crippen LogP contribution in [0, 0.1) is 11.3 Å². The molecule has 3 atom stereocenters. The minimum Gasteiger partial charge on any atom is -0.326 e. The summed E-state index contributed by atoms with van der Waals surface area (Å²) in [4.78, 5) is 6.72. The molecule has 0 saturated carbocycles. The molecule has 0 spiro atoms. The SMILES string of the molecule is CCC(N)C(c1ccncc1)N1CCC(C(C)(C)C)C1. The Balaban J connectivity index is 2.17. The summed E-state index contributed by atoms with van der Waals surface area (Å²) < 4.78 is 0. The third kappa shape index (κ3) is 3.39. The molecule has 0 radical (unpaired) electrons. The van der Waals surface area contributed by atoms with Gasteiger partial charge in [0.25, 0.3) is 0 Å². The molecule has 20 heavy (non-hydrogen) atoms. The number of pyridine rings is 1. The average molecular weight is 275 g/mol. The predicted octanol–water partition coefficient (Wildman–Crippen LogP) is 3.23. The Morgan fingerprint density at radius 2 is 2.00 bits per heavy atom. The van der Waals surface area contributed by atoms with Crippen LogP contribution in [-0.4, -0.2) is 29.0 Å². The Morgan fingerprint density at radius 1 is 1.35 bits per heavy atom. The highest BCUT2D eigenvalue weighted by molar-refractivity contribution is 5.18. The minimum atomic E-state index is 0.191. The maximum absolute atomic E-state index is 6.42. The van der Waals surface area contributed by atoms with Gasteiger partial charge in [0.15, 0.2) is 0 Å². The zero-order valence-electron chi connectivity index (χ0n) is 13.3.